The van der Waals surface area contributed by atoms with Gasteiger partial charge in [0.2, 0.25) is 0 Å². The first-order valence-electron chi connectivity index (χ1n) is 1.34. The molecule has 0 aromatic heterocycles. The highest BCUT2D eigenvalue weighted by atomic mass is 127. The molecular weight excluding hydrogens is 209 g/mol. The van der Waals surface area contributed by atoms with Crippen LogP contribution in [0.25, 0.3) is 0 Å². The molecule has 0 aromatic rings. The maximum Gasteiger partial charge on any atom is -0.0140 e. The minimum atomic E-state index is 0. The second-order valence-electron chi connectivity index (χ2n) is 1.34. The predicted molar refractivity (Wildman–Crippen MR) is 45.4 cm³/mol. The fourth-order valence-corrected chi connectivity index (χ4v) is 0. The van der Waals surface area contributed by atoms with E-state index in [4.69, 9.17) is 0 Å². The summed E-state index contributed by atoms with van der Waals surface area (Å²) in [5.41, 5.74) is 0. The van der Waals surface area contributed by atoms with E-state index in [1.807, 2.05) is 26.0 Å². The molecule has 0 rings (SSSR count). The van der Waals surface area contributed by atoms with Crippen molar-refractivity contribution in [2.45, 2.75) is 0 Å². The molecule has 0 atom stereocenters. The van der Waals surface area contributed by atoms with Crippen LogP contribution >= 0.6 is 37.5 Å². The summed E-state index contributed by atoms with van der Waals surface area (Å²) in [6, 6.07) is 0. The van der Waals surface area contributed by atoms with Gasteiger partial charge in [-0.15, -0.1) is 24.0 Å². The average Bonchev–Trinajstić information content (AvgIpc) is 0.811. The summed E-state index contributed by atoms with van der Waals surface area (Å²) in [5.74, 6) is 0. The van der Waals surface area contributed by atoms with Gasteiger partial charge >= 0.3 is 0 Å². The molecule has 1 nitrogen and oxygen atoms in total. The van der Waals surface area contributed by atoms with Crippen molar-refractivity contribution in [1.29, 1.82) is 0 Å². The van der Waals surface area contributed by atoms with Crippen molar-refractivity contribution in [2.75, 3.05) is 21.1 Å². The Bertz CT molecular complexity index is 15.5. The molecule has 0 bridgehead atoms. The fraction of sp³-hybridized carbons (Fsp3) is 1.00. The van der Waals surface area contributed by atoms with Crippen LogP contribution < -0.4 is 0 Å². The highest BCUT2D eigenvalue weighted by Gasteiger charge is 1.58. The number of rotatable bonds is 0. The highest BCUT2D eigenvalue weighted by molar-refractivity contribution is 14.0. The van der Waals surface area contributed by atoms with E-state index in [0.29, 0.717) is 0 Å². The molecule has 0 spiro atoms. The number of hydrogen-bond donors (Lipinski definition) is 0. The van der Waals surface area contributed by atoms with Crippen LogP contribution in [0.3, 0.4) is 0 Å². The largest absolute Gasteiger partial charge is 0.312 e. The summed E-state index contributed by atoms with van der Waals surface area (Å²) < 4.78 is 0. The maximum absolute atomic E-state index is 2.00. The standard InChI is InChI=1S/C3H9N.HI.H2S/c1-4(2)3;;/h1-3H3;1H;1H2. The molecule has 0 aromatic carbocycles. The topological polar surface area (TPSA) is 3.24 Å². The lowest BCUT2D eigenvalue weighted by Crippen LogP contribution is -1.99. The zero-order valence-electron chi connectivity index (χ0n) is 4.36. The summed E-state index contributed by atoms with van der Waals surface area (Å²) >= 11 is 0. The summed E-state index contributed by atoms with van der Waals surface area (Å²) in [4.78, 5) is 2.00. The van der Waals surface area contributed by atoms with Crippen molar-refractivity contribution >= 4 is 37.5 Å². The molecule has 0 fully saturated rings. The first-order valence-corrected chi connectivity index (χ1v) is 1.34. The quantitative estimate of drug-likeness (QED) is 0.549. The molecule has 0 heterocycles. The Morgan fingerprint density at radius 2 is 1.00 bits per heavy atom. The number of hydrogen-bond acceptors (Lipinski definition) is 1. The monoisotopic (exact) mass is 221 g/mol. The van der Waals surface area contributed by atoms with Gasteiger partial charge in [0.15, 0.2) is 0 Å². The van der Waals surface area contributed by atoms with Crippen molar-refractivity contribution in [2.24, 2.45) is 0 Å². The second kappa shape index (κ2) is 9.40. The summed E-state index contributed by atoms with van der Waals surface area (Å²) in [6.07, 6.45) is 0. The van der Waals surface area contributed by atoms with E-state index >= 15 is 0 Å². The average molecular weight is 221 g/mol. The Morgan fingerprint density at radius 3 is 1.00 bits per heavy atom. The maximum atomic E-state index is 2.00. The lowest BCUT2D eigenvalue weighted by atomic mass is 11.0. The third-order valence-corrected chi connectivity index (χ3v) is 0. The van der Waals surface area contributed by atoms with E-state index < -0.39 is 0 Å². The third kappa shape index (κ3) is 76.1. The summed E-state index contributed by atoms with van der Waals surface area (Å²) in [5, 5.41) is 0. The second-order valence-corrected chi connectivity index (χ2v) is 1.34. The Morgan fingerprint density at radius 1 is 1.00 bits per heavy atom. The van der Waals surface area contributed by atoms with Gasteiger partial charge in [-0.25, -0.2) is 0 Å². The third-order valence-electron chi connectivity index (χ3n) is 0. The van der Waals surface area contributed by atoms with Gasteiger partial charge in [-0.1, -0.05) is 0 Å². The Labute approximate surface area is 63.6 Å². The number of halogens is 1. The summed E-state index contributed by atoms with van der Waals surface area (Å²) in [6.45, 7) is 0. The highest BCUT2D eigenvalue weighted by Crippen LogP contribution is 1.47. The molecule has 0 saturated heterocycles. The van der Waals surface area contributed by atoms with Crippen molar-refractivity contribution in [3.63, 3.8) is 0 Å². The van der Waals surface area contributed by atoms with Crippen LogP contribution in [0.2, 0.25) is 0 Å². The van der Waals surface area contributed by atoms with E-state index in [9.17, 15) is 0 Å². The van der Waals surface area contributed by atoms with Gasteiger partial charge in [-0.05, 0) is 21.1 Å². The smallest absolute Gasteiger partial charge is 0.0140 e. The van der Waals surface area contributed by atoms with Crippen molar-refractivity contribution in [1.82, 2.24) is 4.90 Å². The van der Waals surface area contributed by atoms with Crippen LogP contribution in [-0.4, -0.2) is 26.0 Å². The Balaban J connectivity index is -0.0000000450. The fourth-order valence-electron chi connectivity index (χ4n) is 0. The van der Waals surface area contributed by atoms with Gasteiger partial charge in [0.25, 0.3) is 0 Å². The molecule has 0 radical (unpaired) electrons. The lowest BCUT2D eigenvalue weighted by Gasteiger charge is -1.90. The molecule has 42 valence electrons. The molecule has 0 unspecified atom stereocenters. The van der Waals surface area contributed by atoms with Gasteiger partial charge < -0.3 is 4.90 Å². The zero-order valence-corrected chi connectivity index (χ0v) is 7.69. The van der Waals surface area contributed by atoms with E-state index in [2.05, 4.69) is 0 Å². The van der Waals surface area contributed by atoms with Crippen LogP contribution in [0.1, 0.15) is 0 Å². The van der Waals surface area contributed by atoms with E-state index in [0.717, 1.165) is 0 Å². The summed E-state index contributed by atoms with van der Waals surface area (Å²) in [7, 11) is 6.00. The normalized spacial score (nSPS) is 6.00. The first kappa shape index (κ1) is 15.7. The molecular formula is C3H12INS. The molecule has 0 aliphatic rings. The lowest BCUT2D eigenvalue weighted by molar-refractivity contribution is 0.505. The minimum Gasteiger partial charge on any atom is -0.312 e. The van der Waals surface area contributed by atoms with Gasteiger partial charge in [0, 0.05) is 0 Å². The van der Waals surface area contributed by atoms with Gasteiger partial charge in [0.05, 0.1) is 0 Å². The van der Waals surface area contributed by atoms with Crippen LogP contribution in [0.15, 0.2) is 0 Å². The van der Waals surface area contributed by atoms with Crippen molar-refractivity contribution in [3.05, 3.63) is 0 Å². The molecule has 0 amide bonds. The molecule has 0 N–H and O–H groups in total. The first-order chi connectivity index (χ1) is 1.73. The van der Waals surface area contributed by atoms with E-state index in [1.54, 1.807) is 0 Å². The predicted octanol–water partition coefficient (Wildman–Crippen LogP) is 0.909. The molecule has 3 heteroatoms. The van der Waals surface area contributed by atoms with Crippen molar-refractivity contribution in [3.8, 4) is 0 Å². The molecule has 0 aliphatic carbocycles. The zero-order chi connectivity index (χ0) is 3.58. The van der Waals surface area contributed by atoms with Gasteiger partial charge in [0.1, 0.15) is 0 Å². The molecule has 0 saturated carbocycles. The van der Waals surface area contributed by atoms with Crippen LogP contribution in [0.4, 0.5) is 0 Å². The van der Waals surface area contributed by atoms with Crippen molar-refractivity contribution < 1.29 is 0 Å². The van der Waals surface area contributed by atoms with E-state index in [1.165, 1.54) is 0 Å². The number of nitrogens with zero attached hydrogens (tertiary/aromatic N) is 1. The molecule has 0 aliphatic heterocycles. The van der Waals surface area contributed by atoms with Gasteiger partial charge in [-0.3, -0.25) is 0 Å². The molecule has 6 heavy (non-hydrogen) atoms. The van der Waals surface area contributed by atoms with Crippen LogP contribution in [0, 0.1) is 0 Å². The van der Waals surface area contributed by atoms with Crippen LogP contribution in [0.5, 0.6) is 0 Å². The van der Waals surface area contributed by atoms with E-state index in [-0.39, 0.29) is 37.5 Å². The van der Waals surface area contributed by atoms with Crippen LogP contribution in [-0.2, 0) is 0 Å². The Hall–Kier alpha value is 1.04. The van der Waals surface area contributed by atoms with Gasteiger partial charge in [-0.2, -0.15) is 13.5 Å². The Kier molecular flexibility index (Phi) is 24.7. The minimum absolute atomic E-state index is 0. The SMILES string of the molecule is CN(C)C.I.S.